The van der Waals surface area contributed by atoms with Crippen molar-refractivity contribution in [2.45, 2.75) is 55.9 Å². The van der Waals surface area contributed by atoms with E-state index in [9.17, 15) is 13.2 Å². The molecule has 0 radical (unpaired) electrons. The van der Waals surface area contributed by atoms with Gasteiger partial charge in [-0.15, -0.1) is 0 Å². The number of hydrogen-bond donors (Lipinski definition) is 1. The monoisotopic (exact) mass is 432 g/mol. The minimum atomic E-state index is -3.56. The molecule has 0 atom stereocenters. The second-order valence-electron chi connectivity index (χ2n) is 7.82. The normalized spacial score (nSPS) is 17.8. The lowest BCUT2D eigenvalue weighted by Crippen LogP contribution is -2.37. The van der Waals surface area contributed by atoms with Crippen molar-refractivity contribution in [3.05, 3.63) is 58.6 Å². The second-order valence-corrected chi connectivity index (χ2v) is 9.97. The largest absolute Gasteiger partial charge is 0.308 e. The summed E-state index contributed by atoms with van der Waals surface area (Å²) in [5, 5.41) is 0.517. The van der Waals surface area contributed by atoms with Crippen LogP contribution in [0.4, 0.5) is 5.69 Å². The van der Waals surface area contributed by atoms with E-state index in [1.54, 1.807) is 47.4 Å². The van der Waals surface area contributed by atoms with E-state index in [1.807, 2.05) is 0 Å². The highest BCUT2D eigenvalue weighted by atomic mass is 35.5. The number of amides is 1. The molecule has 1 heterocycles. The molecule has 154 valence electrons. The van der Waals surface area contributed by atoms with Gasteiger partial charge >= 0.3 is 0 Å². The standard InChI is InChI=1S/C22H25ClN2O3S/c23-18-8-4-6-17(14-18)22(26)25-13-5-7-16-15-20(11-12-21(16)25)29(27,28)24-19-9-2-1-3-10-19/h4,6,8,11-12,14-15,19,24H,1-3,5,7,9-10,13H2. The molecular formula is C22H25ClN2O3S. The van der Waals surface area contributed by atoms with E-state index in [0.29, 0.717) is 17.1 Å². The highest BCUT2D eigenvalue weighted by molar-refractivity contribution is 7.89. The van der Waals surface area contributed by atoms with Gasteiger partial charge in [0.05, 0.1) is 4.90 Å². The Hall–Kier alpha value is -1.89. The zero-order valence-corrected chi connectivity index (χ0v) is 17.8. The number of sulfonamides is 1. The molecule has 4 rings (SSSR count). The van der Waals surface area contributed by atoms with Crippen LogP contribution in [0.1, 0.15) is 54.4 Å². The third-order valence-corrected chi connectivity index (χ3v) is 7.48. The number of halogens is 1. The first-order valence-corrected chi connectivity index (χ1v) is 12.0. The van der Waals surface area contributed by atoms with Gasteiger partial charge in [-0.3, -0.25) is 4.79 Å². The van der Waals surface area contributed by atoms with Gasteiger partial charge in [-0.2, -0.15) is 0 Å². The van der Waals surface area contributed by atoms with Crippen molar-refractivity contribution in [3.8, 4) is 0 Å². The van der Waals surface area contributed by atoms with E-state index in [-0.39, 0.29) is 16.8 Å². The Kier molecular flexibility index (Phi) is 5.95. The number of benzene rings is 2. The fraction of sp³-hybridized carbons (Fsp3) is 0.409. The van der Waals surface area contributed by atoms with Crippen molar-refractivity contribution in [1.29, 1.82) is 0 Å². The van der Waals surface area contributed by atoms with Crippen LogP contribution in [0.2, 0.25) is 5.02 Å². The summed E-state index contributed by atoms with van der Waals surface area (Å²) in [7, 11) is -3.56. The molecule has 0 saturated heterocycles. The number of hydrogen-bond acceptors (Lipinski definition) is 3. The maximum absolute atomic E-state index is 13.0. The fourth-order valence-electron chi connectivity index (χ4n) is 4.24. The number of rotatable bonds is 4. The summed E-state index contributed by atoms with van der Waals surface area (Å²) >= 11 is 6.03. The van der Waals surface area contributed by atoms with Gasteiger partial charge in [0, 0.05) is 28.9 Å². The zero-order chi connectivity index (χ0) is 20.4. The molecule has 2 aromatic rings. The van der Waals surface area contributed by atoms with Crippen molar-refractivity contribution in [2.75, 3.05) is 11.4 Å². The van der Waals surface area contributed by atoms with Gasteiger partial charge in [-0.05, 0) is 67.6 Å². The lowest BCUT2D eigenvalue weighted by atomic mass is 9.96. The summed E-state index contributed by atoms with van der Waals surface area (Å²) in [6, 6.07) is 12.0. The zero-order valence-electron chi connectivity index (χ0n) is 16.2. The molecule has 7 heteroatoms. The van der Waals surface area contributed by atoms with Crippen LogP contribution in [0.5, 0.6) is 0 Å². The van der Waals surface area contributed by atoms with E-state index in [1.165, 1.54) is 6.42 Å². The van der Waals surface area contributed by atoms with Crippen LogP contribution in [0, 0.1) is 0 Å². The van der Waals surface area contributed by atoms with Crippen LogP contribution in [-0.2, 0) is 16.4 Å². The molecule has 1 fully saturated rings. The smallest absolute Gasteiger partial charge is 0.258 e. The van der Waals surface area contributed by atoms with E-state index < -0.39 is 10.0 Å². The number of anilines is 1. The molecule has 1 aliphatic carbocycles. The number of aryl methyl sites for hydroxylation is 1. The fourth-order valence-corrected chi connectivity index (χ4v) is 5.78. The first-order chi connectivity index (χ1) is 13.9. The van der Waals surface area contributed by atoms with E-state index in [2.05, 4.69) is 4.72 Å². The average molecular weight is 433 g/mol. The Morgan fingerprint density at radius 1 is 1.03 bits per heavy atom. The van der Waals surface area contributed by atoms with Crippen LogP contribution in [0.3, 0.4) is 0 Å². The Labute approximate surface area is 177 Å². The number of carbonyl (C=O) groups excluding carboxylic acids is 1. The number of nitrogens with zero attached hydrogens (tertiary/aromatic N) is 1. The van der Waals surface area contributed by atoms with Gasteiger partial charge in [0.15, 0.2) is 0 Å². The Balaban J connectivity index is 1.59. The summed E-state index contributed by atoms with van der Waals surface area (Å²) in [5.74, 6) is -0.121. The molecule has 0 spiro atoms. The number of carbonyl (C=O) groups is 1. The maximum atomic E-state index is 13.0. The molecular weight excluding hydrogens is 408 g/mol. The predicted octanol–water partition coefficient (Wildman–Crippen LogP) is 4.54. The van der Waals surface area contributed by atoms with Crippen LogP contribution in [0.15, 0.2) is 47.4 Å². The average Bonchev–Trinajstić information content (AvgIpc) is 2.73. The molecule has 1 saturated carbocycles. The minimum Gasteiger partial charge on any atom is -0.308 e. The Morgan fingerprint density at radius 2 is 1.83 bits per heavy atom. The van der Waals surface area contributed by atoms with Gasteiger partial charge in [0.1, 0.15) is 0 Å². The lowest BCUT2D eigenvalue weighted by Gasteiger charge is -2.30. The summed E-state index contributed by atoms with van der Waals surface area (Å²) in [6.45, 7) is 0.602. The quantitative estimate of drug-likeness (QED) is 0.770. The number of nitrogens with one attached hydrogen (secondary N) is 1. The third-order valence-electron chi connectivity index (χ3n) is 5.72. The molecule has 1 N–H and O–H groups in total. The van der Waals surface area contributed by atoms with Crippen molar-refractivity contribution < 1.29 is 13.2 Å². The third kappa shape index (κ3) is 4.49. The van der Waals surface area contributed by atoms with Crippen molar-refractivity contribution >= 4 is 33.2 Å². The lowest BCUT2D eigenvalue weighted by molar-refractivity contribution is 0.0985. The van der Waals surface area contributed by atoms with Gasteiger partial charge in [0.2, 0.25) is 10.0 Å². The number of fused-ring (bicyclic) bond motifs is 1. The van der Waals surface area contributed by atoms with Crippen LogP contribution in [-0.4, -0.2) is 26.9 Å². The summed E-state index contributed by atoms with van der Waals surface area (Å²) in [4.78, 5) is 15.0. The minimum absolute atomic E-state index is 0.0192. The molecule has 0 unspecified atom stereocenters. The molecule has 5 nitrogen and oxygen atoms in total. The SMILES string of the molecule is O=C(c1cccc(Cl)c1)N1CCCc2cc(S(=O)(=O)NC3CCCCC3)ccc21. The molecule has 1 aliphatic heterocycles. The van der Waals surface area contributed by atoms with E-state index >= 15 is 0 Å². The summed E-state index contributed by atoms with van der Waals surface area (Å²) in [6.07, 6.45) is 6.64. The Morgan fingerprint density at radius 3 is 2.59 bits per heavy atom. The van der Waals surface area contributed by atoms with Crippen molar-refractivity contribution in [2.24, 2.45) is 0 Å². The van der Waals surface area contributed by atoms with Gasteiger partial charge in [-0.1, -0.05) is 36.9 Å². The van der Waals surface area contributed by atoms with E-state index in [4.69, 9.17) is 11.6 Å². The molecule has 0 bridgehead atoms. The predicted molar refractivity (Wildman–Crippen MR) is 115 cm³/mol. The molecule has 2 aliphatic rings. The molecule has 1 amide bonds. The summed E-state index contributed by atoms with van der Waals surface area (Å²) < 4.78 is 28.6. The van der Waals surface area contributed by atoms with Crippen LogP contribution in [0.25, 0.3) is 0 Å². The first-order valence-electron chi connectivity index (χ1n) is 10.2. The van der Waals surface area contributed by atoms with Crippen LogP contribution >= 0.6 is 11.6 Å². The summed E-state index contributed by atoms with van der Waals surface area (Å²) in [5.41, 5.74) is 2.19. The molecule has 0 aromatic heterocycles. The maximum Gasteiger partial charge on any atom is 0.258 e. The second kappa shape index (κ2) is 8.46. The van der Waals surface area contributed by atoms with Gasteiger partial charge in [-0.25, -0.2) is 13.1 Å². The highest BCUT2D eigenvalue weighted by Gasteiger charge is 2.27. The van der Waals surface area contributed by atoms with Crippen molar-refractivity contribution in [1.82, 2.24) is 4.72 Å². The van der Waals surface area contributed by atoms with Gasteiger partial charge in [0.25, 0.3) is 5.91 Å². The first kappa shape index (κ1) is 20.4. The highest BCUT2D eigenvalue weighted by Crippen LogP contribution is 2.31. The van der Waals surface area contributed by atoms with Gasteiger partial charge < -0.3 is 4.90 Å². The molecule has 2 aromatic carbocycles. The van der Waals surface area contributed by atoms with E-state index in [0.717, 1.165) is 49.8 Å². The molecule has 29 heavy (non-hydrogen) atoms. The van der Waals surface area contributed by atoms with Crippen LogP contribution < -0.4 is 9.62 Å². The van der Waals surface area contributed by atoms with Crippen molar-refractivity contribution in [3.63, 3.8) is 0 Å². The topological polar surface area (TPSA) is 66.5 Å². The Bertz CT molecular complexity index is 1020.